The molecule has 0 aromatic rings. The maximum atomic E-state index is 9.55. The molecular formula is C8H14ClNO3. The molecule has 0 aromatic heterocycles. The van der Waals surface area contributed by atoms with Crippen LogP contribution in [0.3, 0.4) is 0 Å². The second-order valence-corrected chi connectivity index (χ2v) is 3.51. The minimum atomic E-state index is -0.795. The Bertz CT molecular complexity index is 221. The zero-order valence-electron chi connectivity index (χ0n) is 7.17. The SMILES string of the molecule is OC[C@@H]1[C@@H](O)[C@H](O)[C@H]2CCC=[N+]12.[Cl-]. The van der Waals surface area contributed by atoms with E-state index in [-0.39, 0.29) is 31.1 Å². The first-order valence-electron chi connectivity index (χ1n) is 4.33. The fourth-order valence-electron chi connectivity index (χ4n) is 2.24. The third-order valence-corrected chi connectivity index (χ3v) is 2.89. The van der Waals surface area contributed by atoms with Crippen molar-refractivity contribution in [2.75, 3.05) is 6.61 Å². The van der Waals surface area contributed by atoms with Gasteiger partial charge in [-0.1, -0.05) is 0 Å². The van der Waals surface area contributed by atoms with Gasteiger partial charge < -0.3 is 27.7 Å². The van der Waals surface area contributed by atoms with Crippen LogP contribution in [0.1, 0.15) is 12.8 Å². The summed E-state index contributed by atoms with van der Waals surface area (Å²) in [5.41, 5.74) is 0. The number of hydrogen-bond acceptors (Lipinski definition) is 3. The summed E-state index contributed by atoms with van der Waals surface area (Å²) in [7, 11) is 0. The van der Waals surface area contributed by atoms with Crippen molar-refractivity contribution >= 4 is 6.21 Å². The summed E-state index contributed by atoms with van der Waals surface area (Å²) in [5.74, 6) is 0. The first kappa shape index (κ1) is 10.9. The van der Waals surface area contributed by atoms with Crippen LogP contribution in [0.5, 0.6) is 0 Å². The van der Waals surface area contributed by atoms with E-state index < -0.39 is 12.2 Å². The lowest BCUT2D eigenvalue weighted by atomic mass is 10.1. The second kappa shape index (κ2) is 3.92. The fourth-order valence-corrected chi connectivity index (χ4v) is 2.24. The highest BCUT2D eigenvalue weighted by atomic mass is 35.5. The van der Waals surface area contributed by atoms with Gasteiger partial charge in [0.15, 0.2) is 6.04 Å². The van der Waals surface area contributed by atoms with Gasteiger partial charge in [0.1, 0.15) is 25.0 Å². The van der Waals surface area contributed by atoms with E-state index in [2.05, 4.69) is 0 Å². The molecule has 5 heteroatoms. The molecule has 4 nitrogen and oxygen atoms in total. The van der Waals surface area contributed by atoms with E-state index in [0.717, 1.165) is 12.8 Å². The van der Waals surface area contributed by atoms with E-state index in [0.29, 0.717) is 0 Å². The van der Waals surface area contributed by atoms with Crippen LogP contribution >= 0.6 is 0 Å². The largest absolute Gasteiger partial charge is 1.00 e. The molecule has 76 valence electrons. The van der Waals surface area contributed by atoms with Crippen molar-refractivity contribution in [3.63, 3.8) is 0 Å². The van der Waals surface area contributed by atoms with E-state index in [1.54, 1.807) is 0 Å². The number of aliphatic hydroxyl groups is 3. The van der Waals surface area contributed by atoms with Gasteiger partial charge in [0.25, 0.3) is 0 Å². The van der Waals surface area contributed by atoms with E-state index in [9.17, 15) is 10.2 Å². The van der Waals surface area contributed by atoms with E-state index in [1.165, 1.54) is 0 Å². The van der Waals surface area contributed by atoms with Gasteiger partial charge >= 0.3 is 0 Å². The van der Waals surface area contributed by atoms with Crippen molar-refractivity contribution in [1.29, 1.82) is 0 Å². The zero-order chi connectivity index (χ0) is 8.72. The normalized spacial score (nSPS) is 42.5. The third-order valence-electron chi connectivity index (χ3n) is 2.89. The minimum Gasteiger partial charge on any atom is -1.00 e. The molecule has 13 heavy (non-hydrogen) atoms. The Morgan fingerprint density at radius 2 is 2.00 bits per heavy atom. The average Bonchev–Trinajstić information content (AvgIpc) is 2.59. The van der Waals surface area contributed by atoms with Crippen molar-refractivity contribution in [1.82, 2.24) is 0 Å². The average molecular weight is 208 g/mol. The molecule has 0 aliphatic carbocycles. The Morgan fingerprint density at radius 1 is 1.31 bits per heavy atom. The van der Waals surface area contributed by atoms with Crippen molar-refractivity contribution in [2.45, 2.75) is 37.1 Å². The Morgan fingerprint density at radius 3 is 2.62 bits per heavy atom. The summed E-state index contributed by atoms with van der Waals surface area (Å²) >= 11 is 0. The lowest BCUT2D eigenvalue weighted by Crippen LogP contribution is -3.00. The molecule has 0 bridgehead atoms. The molecule has 2 aliphatic rings. The number of fused-ring (bicyclic) bond motifs is 1. The van der Waals surface area contributed by atoms with Gasteiger partial charge in [-0.2, -0.15) is 0 Å². The maximum absolute atomic E-state index is 9.55. The van der Waals surface area contributed by atoms with Gasteiger partial charge in [-0.25, -0.2) is 4.58 Å². The molecule has 0 aromatic carbocycles. The highest BCUT2D eigenvalue weighted by molar-refractivity contribution is 5.53. The van der Waals surface area contributed by atoms with Crippen LogP contribution < -0.4 is 12.4 Å². The summed E-state index contributed by atoms with van der Waals surface area (Å²) in [6.07, 6.45) is 2.29. The van der Waals surface area contributed by atoms with Crippen LogP contribution in [0.25, 0.3) is 0 Å². The van der Waals surface area contributed by atoms with Crippen molar-refractivity contribution in [2.24, 2.45) is 0 Å². The number of nitrogens with zero attached hydrogens (tertiary/aromatic N) is 1. The molecule has 3 N–H and O–H groups in total. The maximum Gasteiger partial charge on any atom is 0.203 e. The predicted octanol–water partition coefficient (Wildman–Crippen LogP) is -4.67. The number of halogens is 1. The molecular weight excluding hydrogens is 194 g/mol. The molecule has 2 heterocycles. The van der Waals surface area contributed by atoms with Crippen molar-refractivity contribution in [3.05, 3.63) is 0 Å². The van der Waals surface area contributed by atoms with E-state index in [1.807, 2.05) is 10.8 Å². The van der Waals surface area contributed by atoms with Gasteiger partial charge in [0, 0.05) is 12.8 Å². The first-order valence-corrected chi connectivity index (χ1v) is 4.33. The lowest BCUT2D eigenvalue weighted by Gasteiger charge is -2.07. The molecule has 0 amide bonds. The Hall–Kier alpha value is -0.160. The molecule has 0 unspecified atom stereocenters. The van der Waals surface area contributed by atoms with Gasteiger partial charge in [-0.3, -0.25) is 0 Å². The van der Waals surface area contributed by atoms with E-state index >= 15 is 0 Å². The first-order chi connectivity index (χ1) is 5.75. The molecule has 2 aliphatic heterocycles. The zero-order valence-corrected chi connectivity index (χ0v) is 7.93. The van der Waals surface area contributed by atoms with E-state index in [4.69, 9.17) is 5.11 Å². The summed E-state index contributed by atoms with van der Waals surface area (Å²) < 4.78 is 1.90. The minimum absolute atomic E-state index is 0. The Kier molecular flexibility index (Phi) is 3.29. The molecule has 0 radical (unpaired) electrons. The standard InChI is InChI=1S/C8H14NO3.ClH/c10-4-6-8(12)7(11)5-2-1-3-9(5)6;/h3,5-8,10-12H,1-2,4H2;1H/q+1;/p-1/t5-,6-,7-,8-;/m1./s1. The highest BCUT2D eigenvalue weighted by Crippen LogP contribution is 2.26. The summed E-state index contributed by atoms with van der Waals surface area (Å²) in [6, 6.07) is -0.273. The van der Waals surface area contributed by atoms with Crippen LogP contribution in [0, 0.1) is 0 Å². The molecule has 4 atom stereocenters. The summed E-state index contributed by atoms with van der Waals surface area (Å²) in [5, 5.41) is 28.0. The smallest absolute Gasteiger partial charge is 0.203 e. The Labute approximate surface area is 82.9 Å². The summed E-state index contributed by atoms with van der Waals surface area (Å²) in [6.45, 7) is -0.0920. The lowest BCUT2D eigenvalue weighted by molar-refractivity contribution is -0.576. The number of rotatable bonds is 1. The van der Waals surface area contributed by atoms with Crippen LogP contribution in [0.2, 0.25) is 0 Å². The summed E-state index contributed by atoms with van der Waals surface area (Å²) in [4.78, 5) is 0. The van der Waals surface area contributed by atoms with Gasteiger partial charge in [0.2, 0.25) is 6.04 Å². The van der Waals surface area contributed by atoms with Gasteiger partial charge in [-0.15, -0.1) is 0 Å². The number of aliphatic hydroxyl groups excluding tert-OH is 3. The molecule has 0 spiro atoms. The third kappa shape index (κ3) is 1.48. The highest BCUT2D eigenvalue weighted by Gasteiger charge is 2.53. The predicted molar refractivity (Wildman–Crippen MR) is 42.2 cm³/mol. The second-order valence-electron chi connectivity index (χ2n) is 3.51. The van der Waals surface area contributed by atoms with Crippen LogP contribution in [-0.2, 0) is 0 Å². The van der Waals surface area contributed by atoms with Crippen LogP contribution in [-0.4, -0.2) is 57.0 Å². The van der Waals surface area contributed by atoms with Crippen molar-refractivity contribution < 1.29 is 32.3 Å². The van der Waals surface area contributed by atoms with Gasteiger partial charge in [-0.05, 0) is 0 Å². The number of hydrogen-bond donors (Lipinski definition) is 3. The quantitative estimate of drug-likeness (QED) is 0.379. The van der Waals surface area contributed by atoms with Crippen molar-refractivity contribution in [3.8, 4) is 0 Å². The molecule has 1 fully saturated rings. The fraction of sp³-hybridized carbons (Fsp3) is 0.875. The molecule has 1 saturated heterocycles. The van der Waals surface area contributed by atoms with Crippen LogP contribution in [0.4, 0.5) is 0 Å². The van der Waals surface area contributed by atoms with Crippen LogP contribution in [0.15, 0.2) is 0 Å². The Balaban J connectivity index is 0.000000845. The monoisotopic (exact) mass is 207 g/mol. The molecule has 2 rings (SSSR count). The molecule has 0 saturated carbocycles. The topological polar surface area (TPSA) is 63.7 Å². The van der Waals surface area contributed by atoms with Gasteiger partial charge in [0.05, 0.1) is 0 Å².